The Kier molecular flexibility index (Phi) is 7.88. The predicted octanol–water partition coefficient (Wildman–Crippen LogP) is 4.62. The molecule has 0 spiro atoms. The van der Waals surface area contributed by atoms with E-state index in [2.05, 4.69) is 36.9 Å². The molecule has 1 aromatic heterocycles. The Bertz CT molecular complexity index is 1220. The minimum absolute atomic E-state index is 0.126. The van der Waals surface area contributed by atoms with Crippen LogP contribution in [0.15, 0.2) is 52.0 Å². The van der Waals surface area contributed by atoms with Gasteiger partial charge < -0.3 is 10.1 Å². The summed E-state index contributed by atoms with van der Waals surface area (Å²) in [6.45, 7) is 5.36. The van der Waals surface area contributed by atoms with Crippen LogP contribution in [-0.2, 0) is 11.8 Å². The zero-order valence-electron chi connectivity index (χ0n) is 18.6. The summed E-state index contributed by atoms with van der Waals surface area (Å²) in [5, 5.41) is 11.7. The SMILES string of the molecule is CC(=NNC(=O)c1nn(C)c(C)c1Br)c1ccc(NC(=O)COc2ccc(Cl)cc2C)cc1. The van der Waals surface area contributed by atoms with Crippen LogP contribution in [0.25, 0.3) is 0 Å². The minimum atomic E-state index is -0.412. The molecule has 2 N–H and O–H groups in total. The summed E-state index contributed by atoms with van der Waals surface area (Å²) >= 11 is 9.30. The maximum absolute atomic E-state index is 12.4. The summed E-state index contributed by atoms with van der Waals surface area (Å²) < 4.78 is 7.80. The number of ether oxygens (including phenoxy) is 1. The zero-order valence-corrected chi connectivity index (χ0v) is 20.9. The van der Waals surface area contributed by atoms with Crippen LogP contribution in [0.1, 0.15) is 34.2 Å². The van der Waals surface area contributed by atoms with Gasteiger partial charge in [-0.05, 0) is 78.2 Å². The highest BCUT2D eigenvalue weighted by molar-refractivity contribution is 9.10. The first-order valence-electron chi connectivity index (χ1n) is 9.98. The van der Waals surface area contributed by atoms with Gasteiger partial charge in [0, 0.05) is 17.8 Å². The highest BCUT2D eigenvalue weighted by Crippen LogP contribution is 2.22. The van der Waals surface area contributed by atoms with E-state index in [1.807, 2.05) is 13.8 Å². The number of carbonyl (C=O) groups is 2. The van der Waals surface area contributed by atoms with Crippen molar-refractivity contribution in [3.63, 3.8) is 0 Å². The van der Waals surface area contributed by atoms with Gasteiger partial charge in [-0.1, -0.05) is 23.7 Å². The largest absolute Gasteiger partial charge is 0.483 e. The van der Waals surface area contributed by atoms with Crippen LogP contribution in [0, 0.1) is 13.8 Å². The van der Waals surface area contributed by atoms with Gasteiger partial charge in [0.15, 0.2) is 12.3 Å². The van der Waals surface area contributed by atoms with Crippen LogP contribution in [0.2, 0.25) is 5.02 Å². The molecule has 172 valence electrons. The standard InChI is InChI=1S/C23H23BrClN5O3/c1-13-11-17(25)7-10-19(13)33-12-20(31)26-18-8-5-16(6-9-18)14(2)27-28-23(32)22-21(24)15(3)30(4)29-22/h5-11H,12H2,1-4H3,(H,26,31)(H,28,32). The number of nitrogens with zero attached hydrogens (tertiary/aromatic N) is 3. The van der Waals surface area contributed by atoms with Gasteiger partial charge in [-0.15, -0.1) is 0 Å². The molecule has 0 aliphatic carbocycles. The fourth-order valence-corrected chi connectivity index (χ4v) is 3.63. The molecule has 2 aromatic carbocycles. The van der Waals surface area contributed by atoms with Crippen molar-refractivity contribution in [1.29, 1.82) is 0 Å². The molecule has 0 radical (unpaired) electrons. The predicted molar refractivity (Wildman–Crippen MR) is 132 cm³/mol. The summed E-state index contributed by atoms with van der Waals surface area (Å²) in [4.78, 5) is 24.6. The van der Waals surface area contributed by atoms with Crippen molar-refractivity contribution in [3.8, 4) is 5.75 Å². The topological polar surface area (TPSA) is 97.6 Å². The van der Waals surface area contributed by atoms with Crippen molar-refractivity contribution >= 4 is 50.7 Å². The number of aromatic nitrogens is 2. The fourth-order valence-electron chi connectivity index (χ4n) is 2.89. The quantitative estimate of drug-likeness (QED) is 0.343. The number of aryl methyl sites for hydroxylation is 2. The van der Waals surface area contributed by atoms with Crippen LogP contribution in [-0.4, -0.2) is 33.9 Å². The summed E-state index contributed by atoms with van der Waals surface area (Å²) in [5.74, 6) is -0.0950. The smallest absolute Gasteiger partial charge is 0.293 e. The number of benzene rings is 2. The van der Waals surface area contributed by atoms with Crippen molar-refractivity contribution in [2.75, 3.05) is 11.9 Å². The second-order valence-corrected chi connectivity index (χ2v) is 8.56. The van der Waals surface area contributed by atoms with Gasteiger partial charge in [-0.3, -0.25) is 14.3 Å². The van der Waals surface area contributed by atoms with E-state index in [0.717, 1.165) is 16.8 Å². The van der Waals surface area contributed by atoms with Gasteiger partial charge in [0.05, 0.1) is 15.9 Å². The first-order valence-corrected chi connectivity index (χ1v) is 11.2. The highest BCUT2D eigenvalue weighted by atomic mass is 79.9. The molecule has 0 saturated heterocycles. The number of amides is 2. The van der Waals surface area contributed by atoms with E-state index in [0.29, 0.717) is 26.6 Å². The van der Waals surface area contributed by atoms with Crippen molar-refractivity contribution in [1.82, 2.24) is 15.2 Å². The van der Waals surface area contributed by atoms with E-state index in [9.17, 15) is 9.59 Å². The summed E-state index contributed by atoms with van der Waals surface area (Å²) in [7, 11) is 1.76. The molecule has 2 amide bonds. The number of anilines is 1. The molecule has 1 heterocycles. The van der Waals surface area contributed by atoms with E-state index in [-0.39, 0.29) is 18.2 Å². The molecular weight excluding hydrogens is 510 g/mol. The van der Waals surface area contributed by atoms with Gasteiger partial charge in [0.1, 0.15) is 5.75 Å². The average molecular weight is 533 g/mol. The Morgan fingerprint density at radius 2 is 1.88 bits per heavy atom. The second-order valence-electron chi connectivity index (χ2n) is 7.33. The first kappa shape index (κ1) is 24.5. The lowest BCUT2D eigenvalue weighted by molar-refractivity contribution is -0.118. The molecule has 0 aliphatic rings. The molecule has 8 nitrogen and oxygen atoms in total. The minimum Gasteiger partial charge on any atom is -0.483 e. The third kappa shape index (κ3) is 6.21. The molecule has 33 heavy (non-hydrogen) atoms. The zero-order chi connectivity index (χ0) is 24.1. The van der Waals surface area contributed by atoms with Crippen molar-refractivity contribution in [2.45, 2.75) is 20.8 Å². The molecule has 0 atom stereocenters. The second kappa shape index (κ2) is 10.6. The van der Waals surface area contributed by atoms with Gasteiger partial charge in [-0.25, -0.2) is 5.43 Å². The van der Waals surface area contributed by atoms with Gasteiger partial charge in [-0.2, -0.15) is 10.2 Å². The van der Waals surface area contributed by atoms with Crippen LogP contribution in [0.5, 0.6) is 5.75 Å². The Morgan fingerprint density at radius 3 is 2.48 bits per heavy atom. The first-order chi connectivity index (χ1) is 15.7. The number of nitrogens with one attached hydrogen (secondary N) is 2. The molecule has 0 fully saturated rings. The summed E-state index contributed by atoms with van der Waals surface area (Å²) in [5.41, 5.74) is 6.48. The number of hydrogen-bond acceptors (Lipinski definition) is 5. The van der Waals surface area contributed by atoms with Crippen molar-refractivity contribution < 1.29 is 14.3 Å². The van der Waals surface area contributed by atoms with Gasteiger partial charge in [0.2, 0.25) is 0 Å². The summed E-state index contributed by atoms with van der Waals surface area (Å²) in [6, 6.07) is 12.3. The maximum Gasteiger partial charge on any atom is 0.293 e. The van der Waals surface area contributed by atoms with Crippen molar-refractivity contribution in [3.05, 3.63) is 74.5 Å². The number of hydrazone groups is 1. The van der Waals surface area contributed by atoms with E-state index in [1.54, 1.807) is 61.1 Å². The highest BCUT2D eigenvalue weighted by Gasteiger charge is 2.17. The molecule has 10 heteroatoms. The molecular formula is C23H23BrClN5O3. The molecule has 0 unspecified atom stereocenters. The van der Waals surface area contributed by atoms with Gasteiger partial charge >= 0.3 is 0 Å². The van der Waals surface area contributed by atoms with E-state index in [4.69, 9.17) is 16.3 Å². The van der Waals surface area contributed by atoms with E-state index < -0.39 is 5.91 Å². The number of rotatable bonds is 7. The monoisotopic (exact) mass is 531 g/mol. The normalized spacial score (nSPS) is 11.3. The van der Waals surface area contributed by atoms with E-state index >= 15 is 0 Å². The molecule has 3 aromatic rings. The molecule has 3 rings (SSSR count). The third-order valence-corrected chi connectivity index (χ3v) is 6.07. The molecule has 0 saturated carbocycles. The molecule has 0 aliphatic heterocycles. The third-order valence-electron chi connectivity index (χ3n) is 4.88. The Balaban J connectivity index is 1.55. The molecule has 0 bridgehead atoms. The number of carbonyl (C=O) groups excluding carboxylic acids is 2. The lowest BCUT2D eigenvalue weighted by Crippen LogP contribution is -2.21. The van der Waals surface area contributed by atoms with Crippen molar-refractivity contribution in [2.24, 2.45) is 12.1 Å². The Labute approximate surface area is 205 Å². The number of hydrogen-bond donors (Lipinski definition) is 2. The summed E-state index contributed by atoms with van der Waals surface area (Å²) in [6.07, 6.45) is 0. The lowest BCUT2D eigenvalue weighted by Gasteiger charge is -2.10. The maximum atomic E-state index is 12.4. The Morgan fingerprint density at radius 1 is 1.18 bits per heavy atom. The lowest BCUT2D eigenvalue weighted by atomic mass is 10.1. The van der Waals surface area contributed by atoms with Crippen LogP contribution >= 0.6 is 27.5 Å². The Hall–Kier alpha value is -3.17. The van der Waals surface area contributed by atoms with Crippen LogP contribution < -0.4 is 15.5 Å². The van der Waals surface area contributed by atoms with Crippen LogP contribution in [0.4, 0.5) is 5.69 Å². The number of halogens is 2. The van der Waals surface area contributed by atoms with Crippen LogP contribution in [0.3, 0.4) is 0 Å². The van der Waals surface area contributed by atoms with Gasteiger partial charge in [0.25, 0.3) is 11.8 Å². The van der Waals surface area contributed by atoms with E-state index in [1.165, 1.54) is 0 Å². The average Bonchev–Trinajstić information content (AvgIpc) is 3.04. The fraction of sp³-hybridized carbons (Fsp3) is 0.217.